The van der Waals surface area contributed by atoms with Crippen LogP contribution in [0.4, 0.5) is 0 Å². The van der Waals surface area contributed by atoms with Crippen LogP contribution >= 0.6 is 37.6 Å². The molecule has 0 aromatic rings. The zero-order valence-corrected chi connectivity index (χ0v) is 15.5. The summed E-state index contributed by atoms with van der Waals surface area (Å²) in [6.07, 6.45) is 0. The minimum atomic E-state index is -2.37. The minimum Gasteiger partial charge on any atom is -0.691 e. The van der Waals surface area contributed by atoms with Gasteiger partial charge in [0.1, 0.15) is 0 Å². The quantitative estimate of drug-likeness (QED) is 0.269. The first-order valence-corrected chi connectivity index (χ1v) is 8.74. The van der Waals surface area contributed by atoms with E-state index in [0.717, 1.165) is 10.7 Å². The monoisotopic (exact) mass is 380 g/mol. The van der Waals surface area contributed by atoms with Crippen molar-refractivity contribution in [2.24, 2.45) is 0 Å². The molecular weight excluding hydrogens is 374 g/mol. The molecule has 0 N–H and O–H groups in total. The van der Waals surface area contributed by atoms with Gasteiger partial charge in [0.15, 0.2) is 0 Å². The van der Waals surface area contributed by atoms with Crippen LogP contribution < -0.4 is 51.4 Å². The van der Waals surface area contributed by atoms with Crippen LogP contribution in [0.5, 0.6) is 0 Å². The van der Waals surface area contributed by atoms with Crippen molar-refractivity contribution in [1.82, 2.24) is 0 Å². The molecule has 0 atom stereocenters. The van der Waals surface area contributed by atoms with Crippen LogP contribution in [0.25, 0.3) is 0 Å². The van der Waals surface area contributed by atoms with Gasteiger partial charge in [0.25, 0.3) is 0 Å². The number of rotatable bonds is 6. The van der Waals surface area contributed by atoms with Crippen molar-refractivity contribution in [2.75, 3.05) is 23.9 Å². The van der Waals surface area contributed by atoms with E-state index >= 15 is 0 Å². The molecule has 0 unspecified atom stereocenters. The summed E-state index contributed by atoms with van der Waals surface area (Å²) in [5.74, 6) is 0. The first-order chi connectivity index (χ1) is 5.12. The average Bonchev–Trinajstić information content (AvgIpc) is 1.97. The zero-order valence-electron chi connectivity index (χ0n) is 6.66. The predicted octanol–water partition coefficient (Wildman–Crippen LogP) is -0.415. The van der Waals surface area contributed by atoms with Crippen LogP contribution in [0, 0.1) is 0 Å². The van der Waals surface area contributed by atoms with E-state index in [0.29, 0.717) is 13.2 Å². The molecule has 0 aromatic heterocycles. The van der Waals surface area contributed by atoms with E-state index in [-0.39, 0.29) is 51.4 Å². The molecule has 0 spiro atoms. The Morgan fingerprint density at radius 1 is 1.17 bits per heavy atom. The second-order valence-corrected chi connectivity index (χ2v) is 8.07. The van der Waals surface area contributed by atoms with E-state index in [4.69, 9.17) is 33.1 Å². The second-order valence-electron chi connectivity index (χ2n) is 1.49. The third kappa shape index (κ3) is 11.6. The van der Waals surface area contributed by atoms with Crippen LogP contribution in [0.15, 0.2) is 0 Å². The van der Waals surface area contributed by atoms with Crippen LogP contribution in [-0.4, -0.2) is 23.9 Å². The third-order valence-electron chi connectivity index (χ3n) is 0.653. The van der Waals surface area contributed by atoms with E-state index < -0.39 is 5.69 Å². The van der Waals surface area contributed by atoms with Crippen molar-refractivity contribution in [3.63, 3.8) is 0 Å². The number of halogens is 2. The van der Waals surface area contributed by atoms with Crippen molar-refractivity contribution in [3.05, 3.63) is 0 Å². The second kappa shape index (κ2) is 11.0. The summed E-state index contributed by atoms with van der Waals surface area (Å²) in [5.41, 5.74) is -2.37. The van der Waals surface area contributed by atoms with Gasteiger partial charge in [0, 0.05) is 10.7 Å². The Morgan fingerprint density at radius 2 is 1.50 bits per heavy atom. The number of alkyl halides is 2. The van der Waals surface area contributed by atoms with E-state index in [9.17, 15) is 0 Å². The van der Waals surface area contributed by atoms with Crippen molar-refractivity contribution in [3.8, 4) is 0 Å². The Bertz CT molecular complexity index is 139. The summed E-state index contributed by atoms with van der Waals surface area (Å²) in [4.78, 5) is 0. The normalized spacial score (nSPS) is 10.9. The molecule has 2 nitrogen and oxygen atoms in total. The molecule has 12 heavy (non-hydrogen) atoms. The molecule has 0 aromatic carbocycles. The number of hydrogen-bond acceptors (Lipinski definition) is 4. The van der Waals surface area contributed by atoms with E-state index in [1.165, 1.54) is 0 Å². The summed E-state index contributed by atoms with van der Waals surface area (Å²) >= 11 is 16.2. The first-order valence-electron chi connectivity index (χ1n) is 2.84. The zero-order chi connectivity index (χ0) is 8.74. The summed E-state index contributed by atoms with van der Waals surface area (Å²) in [5, 5.41) is 1.47. The third-order valence-corrected chi connectivity index (χ3v) is 3.56. The minimum absolute atomic E-state index is 0. The molecule has 0 saturated carbocycles. The van der Waals surface area contributed by atoms with Crippen molar-refractivity contribution < 1.29 is 60.4 Å². The molecule has 0 radical (unpaired) electrons. The molecule has 0 aliphatic heterocycles. The molecular formula is C4H8Br2KO2PS2. The molecule has 0 rings (SSSR count). The van der Waals surface area contributed by atoms with Gasteiger partial charge in [0.2, 0.25) is 0 Å². The Labute approximate surface area is 143 Å². The molecule has 0 aliphatic rings. The van der Waals surface area contributed by atoms with Gasteiger partial charge >= 0.3 is 51.4 Å². The van der Waals surface area contributed by atoms with E-state index in [1.807, 2.05) is 0 Å². The standard InChI is InChI=1S/C4H9Br2O2PS2.K/c5-1-3-7-9(10,11)8-4-2-6;/h1-4H2,(H,10,11);/q;+1/p-1. The molecule has 68 valence electrons. The molecule has 0 saturated heterocycles. The molecule has 8 heteroatoms. The van der Waals surface area contributed by atoms with Gasteiger partial charge in [-0.25, -0.2) is 0 Å². The van der Waals surface area contributed by atoms with Crippen LogP contribution in [-0.2, 0) is 33.1 Å². The Hall–Kier alpha value is 3.52. The molecule has 0 fully saturated rings. The topological polar surface area (TPSA) is 18.5 Å². The number of hydrogen-bond donors (Lipinski definition) is 0. The average molecular weight is 382 g/mol. The Morgan fingerprint density at radius 3 is 1.75 bits per heavy atom. The molecule has 0 heterocycles. The summed E-state index contributed by atoms with van der Waals surface area (Å²) < 4.78 is 10.3. The van der Waals surface area contributed by atoms with Crippen LogP contribution in [0.1, 0.15) is 0 Å². The van der Waals surface area contributed by atoms with E-state index in [1.54, 1.807) is 0 Å². The largest absolute Gasteiger partial charge is 1.00 e. The van der Waals surface area contributed by atoms with Gasteiger partial charge in [0.05, 0.1) is 18.9 Å². The van der Waals surface area contributed by atoms with Gasteiger partial charge in [-0.3, -0.25) is 0 Å². The summed E-state index contributed by atoms with van der Waals surface area (Å²) in [6.45, 7) is 1.03. The fourth-order valence-corrected chi connectivity index (χ4v) is 2.75. The maximum absolute atomic E-state index is 5.13. The van der Waals surface area contributed by atoms with Crippen molar-refractivity contribution >= 4 is 61.6 Å². The fourth-order valence-electron chi connectivity index (χ4n) is 0.330. The fraction of sp³-hybridized carbons (Fsp3) is 1.00. The van der Waals surface area contributed by atoms with Gasteiger partial charge in [-0.05, 0) is 0 Å². The van der Waals surface area contributed by atoms with Crippen LogP contribution in [0.2, 0.25) is 0 Å². The maximum Gasteiger partial charge on any atom is 1.00 e. The summed E-state index contributed by atoms with van der Waals surface area (Å²) in [6, 6.07) is 0. The Balaban J connectivity index is 0. The SMILES string of the molecule is S=P([S-])(OCCBr)OCCBr.[K+]. The molecule has 0 amide bonds. The van der Waals surface area contributed by atoms with Crippen LogP contribution in [0.3, 0.4) is 0 Å². The van der Waals surface area contributed by atoms with Gasteiger partial charge in [-0.2, -0.15) is 0 Å². The maximum atomic E-state index is 5.13. The Kier molecular flexibility index (Phi) is 16.4. The molecule has 0 bridgehead atoms. The van der Waals surface area contributed by atoms with Gasteiger partial charge in [-0.15, -0.1) is 0 Å². The van der Waals surface area contributed by atoms with Gasteiger partial charge in [-0.1, -0.05) is 43.7 Å². The summed E-state index contributed by atoms with van der Waals surface area (Å²) in [7, 11) is 0. The first kappa shape index (κ1) is 17.9. The predicted molar refractivity (Wildman–Crippen MR) is 61.1 cm³/mol. The van der Waals surface area contributed by atoms with E-state index in [2.05, 4.69) is 31.9 Å². The van der Waals surface area contributed by atoms with Crippen molar-refractivity contribution in [2.45, 2.75) is 0 Å². The molecule has 0 aliphatic carbocycles. The van der Waals surface area contributed by atoms with Crippen molar-refractivity contribution in [1.29, 1.82) is 0 Å². The van der Waals surface area contributed by atoms with Gasteiger partial charge < -0.3 is 21.3 Å². The smallest absolute Gasteiger partial charge is 0.691 e.